The molecule has 0 saturated carbocycles. The summed E-state index contributed by atoms with van der Waals surface area (Å²) in [5.41, 5.74) is 5.52. The van der Waals surface area contributed by atoms with E-state index in [1.807, 2.05) is 6.92 Å². The minimum absolute atomic E-state index is 0.0393. The molecule has 0 bridgehead atoms. The predicted molar refractivity (Wildman–Crippen MR) is 53.5 cm³/mol. The van der Waals surface area contributed by atoms with Crippen LogP contribution >= 0.6 is 0 Å². The van der Waals surface area contributed by atoms with Crippen LogP contribution in [-0.2, 0) is 4.79 Å². The molecule has 1 heterocycles. The van der Waals surface area contributed by atoms with Crippen molar-refractivity contribution in [1.82, 2.24) is 9.97 Å². The predicted octanol–water partition coefficient (Wildman–Crippen LogP) is 0.542. The summed E-state index contributed by atoms with van der Waals surface area (Å²) in [5, 5.41) is 2.58. The lowest BCUT2D eigenvalue weighted by Crippen LogP contribution is -2.20. The highest BCUT2D eigenvalue weighted by Crippen LogP contribution is 1.98. The standard InChI is InChI=1S/C9H14N4O/c1-7(10)3-4-8(14)13-9-11-5-2-6-12-9/h2,5-7H,3-4,10H2,1H3,(H,11,12,13,14). The van der Waals surface area contributed by atoms with Crippen LogP contribution in [0.4, 0.5) is 5.95 Å². The van der Waals surface area contributed by atoms with Gasteiger partial charge in [-0.05, 0) is 19.4 Å². The van der Waals surface area contributed by atoms with Gasteiger partial charge in [0.25, 0.3) is 0 Å². The van der Waals surface area contributed by atoms with Crippen LogP contribution in [0, 0.1) is 0 Å². The van der Waals surface area contributed by atoms with Gasteiger partial charge in [-0.25, -0.2) is 9.97 Å². The lowest BCUT2D eigenvalue weighted by molar-refractivity contribution is -0.116. The second-order valence-corrected chi connectivity index (χ2v) is 3.14. The minimum Gasteiger partial charge on any atom is -0.328 e. The molecule has 5 heteroatoms. The van der Waals surface area contributed by atoms with Gasteiger partial charge in [-0.1, -0.05) is 0 Å². The largest absolute Gasteiger partial charge is 0.328 e. The van der Waals surface area contributed by atoms with Crippen molar-refractivity contribution in [1.29, 1.82) is 0 Å². The quantitative estimate of drug-likeness (QED) is 0.733. The van der Waals surface area contributed by atoms with Crippen LogP contribution < -0.4 is 11.1 Å². The molecule has 0 aliphatic rings. The Hall–Kier alpha value is -1.49. The van der Waals surface area contributed by atoms with Gasteiger partial charge >= 0.3 is 0 Å². The summed E-state index contributed by atoms with van der Waals surface area (Å²) in [6.45, 7) is 1.87. The molecule has 0 saturated heterocycles. The van der Waals surface area contributed by atoms with Gasteiger partial charge < -0.3 is 5.73 Å². The molecular weight excluding hydrogens is 180 g/mol. The van der Waals surface area contributed by atoms with Gasteiger partial charge in [0.2, 0.25) is 11.9 Å². The number of nitrogens with one attached hydrogen (secondary N) is 1. The monoisotopic (exact) mass is 194 g/mol. The SMILES string of the molecule is CC(N)CCC(=O)Nc1ncccn1. The lowest BCUT2D eigenvalue weighted by Gasteiger charge is -2.04. The van der Waals surface area contributed by atoms with E-state index in [4.69, 9.17) is 5.73 Å². The van der Waals surface area contributed by atoms with Crippen LogP contribution in [0.25, 0.3) is 0 Å². The Morgan fingerprint density at radius 3 is 2.79 bits per heavy atom. The molecular formula is C9H14N4O. The Balaban J connectivity index is 2.35. The van der Waals surface area contributed by atoms with Crippen molar-refractivity contribution in [2.45, 2.75) is 25.8 Å². The number of carbonyl (C=O) groups is 1. The molecule has 76 valence electrons. The molecule has 0 aliphatic carbocycles. The van der Waals surface area contributed by atoms with Crippen molar-refractivity contribution in [2.75, 3.05) is 5.32 Å². The van der Waals surface area contributed by atoms with Crippen LogP contribution in [0.3, 0.4) is 0 Å². The number of hydrogen-bond donors (Lipinski definition) is 2. The van der Waals surface area contributed by atoms with Crippen LogP contribution in [0.2, 0.25) is 0 Å². The van der Waals surface area contributed by atoms with E-state index in [2.05, 4.69) is 15.3 Å². The molecule has 3 N–H and O–H groups in total. The molecule has 5 nitrogen and oxygen atoms in total. The fourth-order valence-electron chi connectivity index (χ4n) is 0.910. The molecule has 0 aliphatic heterocycles. The summed E-state index contributed by atoms with van der Waals surface area (Å²) >= 11 is 0. The number of nitrogens with two attached hydrogens (primary N) is 1. The fraction of sp³-hybridized carbons (Fsp3) is 0.444. The van der Waals surface area contributed by atoms with E-state index in [1.54, 1.807) is 18.5 Å². The topological polar surface area (TPSA) is 80.9 Å². The number of anilines is 1. The zero-order chi connectivity index (χ0) is 10.4. The third-order valence-electron chi connectivity index (χ3n) is 1.64. The highest BCUT2D eigenvalue weighted by atomic mass is 16.1. The van der Waals surface area contributed by atoms with E-state index in [0.717, 1.165) is 0 Å². The number of amides is 1. The highest BCUT2D eigenvalue weighted by Gasteiger charge is 2.04. The summed E-state index contributed by atoms with van der Waals surface area (Å²) in [6, 6.07) is 1.73. The van der Waals surface area contributed by atoms with Gasteiger partial charge in [-0.3, -0.25) is 10.1 Å². The summed E-state index contributed by atoms with van der Waals surface area (Å²) in [7, 11) is 0. The van der Waals surface area contributed by atoms with Gasteiger partial charge in [0.05, 0.1) is 0 Å². The Morgan fingerprint density at radius 2 is 2.21 bits per heavy atom. The molecule has 14 heavy (non-hydrogen) atoms. The summed E-state index contributed by atoms with van der Waals surface area (Å²) in [6.07, 6.45) is 4.22. The average molecular weight is 194 g/mol. The van der Waals surface area contributed by atoms with Crippen molar-refractivity contribution in [3.63, 3.8) is 0 Å². The van der Waals surface area contributed by atoms with Crippen LogP contribution in [0.1, 0.15) is 19.8 Å². The second-order valence-electron chi connectivity index (χ2n) is 3.14. The molecule has 0 spiro atoms. The van der Waals surface area contributed by atoms with Crippen LogP contribution in [0.5, 0.6) is 0 Å². The summed E-state index contributed by atoms with van der Waals surface area (Å²) in [4.78, 5) is 19.0. The average Bonchev–Trinajstić information content (AvgIpc) is 2.16. The Kier molecular flexibility index (Phi) is 4.00. The van der Waals surface area contributed by atoms with E-state index < -0.39 is 0 Å². The first-order valence-electron chi connectivity index (χ1n) is 4.51. The first-order valence-corrected chi connectivity index (χ1v) is 4.51. The third kappa shape index (κ3) is 3.95. The lowest BCUT2D eigenvalue weighted by atomic mass is 10.2. The van der Waals surface area contributed by atoms with E-state index in [-0.39, 0.29) is 11.9 Å². The van der Waals surface area contributed by atoms with Crippen molar-refractivity contribution >= 4 is 11.9 Å². The maximum absolute atomic E-state index is 11.3. The molecule has 1 unspecified atom stereocenters. The van der Waals surface area contributed by atoms with Gasteiger partial charge in [-0.2, -0.15) is 0 Å². The molecule has 0 fully saturated rings. The Morgan fingerprint density at radius 1 is 1.57 bits per heavy atom. The van der Waals surface area contributed by atoms with Crippen molar-refractivity contribution < 1.29 is 4.79 Å². The Labute approximate surface area is 82.7 Å². The van der Waals surface area contributed by atoms with Gasteiger partial charge in [0.1, 0.15) is 0 Å². The second kappa shape index (κ2) is 5.29. The first kappa shape index (κ1) is 10.6. The number of rotatable bonds is 4. The van der Waals surface area contributed by atoms with E-state index in [9.17, 15) is 4.79 Å². The van der Waals surface area contributed by atoms with Gasteiger partial charge in [0, 0.05) is 24.9 Å². The number of hydrogen-bond acceptors (Lipinski definition) is 4. The van der Waals surface area contributed by atoms with Gasteiger partial charge in [-0.15, -0.1) is 0 Å². The van der Waals surface area contributed by atoms with Crippen molar-refractivity contribution in [2.24, 2.45) is 5.73 Å². The summed E-state index contributed by atoms with van der Waals surface area (Å²) < 4.78 is 0. The van der Waals surface area contributed by atoms with Crippen molar-refractivity contribution in [3.8, 4) is 0 Å². The molecule has 1 aromatic heterocycles. The van der Waals surface area contributed by atoms with E-state index in [1.165, 1.54) is 0 Å². The number of aromatic nitrogens is 2. The molecule has 1 aromatic rings. The fourth-order valence-corrected chi connectivity index (χ4v) is 0.910. The molecule has 0 radical (unpaired) electrons. The maximum atomic E-state index is 11.3. The van der Waals surface area contributed by atoms with E-state index in [0.29, 0.717) is 18.8 Å². The smallest absolute Gasteiger partial charge is 0.229 e. The number of nitrogens with zero attached hydrogens (tertiary/aromatic N) is 2. The normalized spacial score (nSPS) is 12.1. The molecule has 1 atom stereocenters. The molecule has 1 rings (SSSR count). The zero-order valence-electron chi connectivity index (χ0n) is 8.10. The molecule has 0 aromatic carbocycles. The van der Waals surface area contributed by atoms with Crippen LogP contribution in [-0.4, -0.2) is 21.9 Å². The molecule has 1 amide bonds. The zero-order valence-corrected chi connectivity index (χ0v) is 8.10. The summed E-state index contributed by atoms with van der Waals surface area (Å²) in [5.74, 6) is 0.232. The maximum Gasteiger partial charge on any atom is 0.229 e. The Bertz CT molecular complexity index is 286. The highest BCUT2D eigenvalue weighted by molar-refractivity contribution is 5.88. The number of carbonyl (C=O) groups excluding carboxylic acids is 1. The third-order valence-corrected chi connectivity index (χ3v) is 1.64. The van der Waals surface area contributed by atoms with Crippen LogP contribution in [0.15, 0.2) is 18.5 Å². The minimum atomic E-state index is -0.103. The van der Waals surface area contributed by atoms with Gasteiger partial charge in [0.15, 0.2) is 0 Å². The van der Waals surface area contributed by atoms with Crippen molar-refractivity contribution in [3.05, 3.63) is 18.5 Å². The van der Waals surface area contributed by atoms with E-state index >= 15 is 0 Å². The first-order chi connectivity index (χ1) is 6.68.